The molecule has 1 aliphatic heterocycles. The molecule has 5 rings (SSSR count). The zero-order chi connectivity index (χ0) is 20.1. The van der Waals surface area contributed by atoms with Gasteiger partial charge in [0.25, 0.3) is 0 Å². The lowest BCUT2D eigenvalue weighted by Crippen LogP contribution is -2.39. The highest BCUT2D eigenvalue weighted by Crippen LogP contribution is 2.44. The summed E-state index contributed by atoms with van der Waals surface area (Å²) in [5.41, 5.74) is 4.30. The Kier molecular flexibility index (Phi) is 5.07. The average Bonchev–Trinajstić information content (AvgIpc) is 3.26. The monoisotopic (exact) mass is 431 g/mol. The molecule has 1 fully saturated rings. The number of Topliss-reactive ketones (excluding diaryl/α,β-unsaturated/α-hetero) is 1. The number of β-amino-alcohol motifs (C(OH)–C–C–N with tert-alkyl or cyclic N) is 1. The molecule has 6 heteroatoms. The fourth-order valence-electron chi connectivity index (χ4n) is 5.02. The molecule has 0 radical (unpaired) electrons. The Balaban J connectivity index is 1.53. The summed E-state index contributed by atoms with van der Waals surface area (Å²) in [7, 11) is 0. The topological polar surface area (TPSA) is 49.8 Å². The highest BCUT2D eigenvalue weighted by Gasteiger charge is 2.42. The van der Waals surface area contributed by atoms with Crippen LogP contribution in [0.15, 0.2) is 30.3 Å². The first-order valence-corrected chi connectivity index (χ1v) is 10.9. The van der Waals surface area contributed by atoms with Gasteiger partial charge in [-0.05, 0) is 54.2 Å². The van der Waals surface area contributed by atoms with E-state index in [1.54, 1.807) is 6.07 Å². The molecule has 1 saturated heterocycles. The van der Waals surface area contributed by atoms with Gasteiger partial charge >= 0.3 is 0 Å². The predicted molar refractivity (Wildman–Crippen MR) is 113 cm³/mol. The van der Waals surface area contributed by atoms with Gasteiger partial charge in [-0.3, -0.25) is 9.69 Å². The van der Waals surface area contributed by atoms with Crippen LogP contribution in [0.5, 0.6) is 5.75 Å². The molecule has 0 unspecified atom stereocenters. The summed E-state index contributed by atoms with van der Waals surface area (Å²) in [6.07, 6.45) is 2.80. The minimum absolute atomic E-state index is 0.0965. The molecule has 1 N–H and O–H groups in total. The second kappa shape index (κ2) is 7.59. The van der Waals surface area contributed by atoms with Crippen molar-refractivity contribution in [3.8, 4) is 5.75 Å². The third-order valence-electron chi connectivity index (χ3n) is 6.45. The van der Waals surface area contributed by atoms with Crippen molar-refractivity contribution < 1.29 is 14.6 Å². The van der Waals surface area contributed by atoms with E-state index in [1.807, 2.05) is 24.3 Å². The number of hydrogen-bond donors (Lipinski definition) is 1. The average molecular weight is 432 g/mol. The van der Waals surface area contributed by atoms with Gasteiger partial charge in [0.15, 0.2) is 0 Å². The van der Waals surface area contributed by atoms with E-state index in [9.17, 15) is 9.90 Å². The van der Waals surface area contributed by atoms with Gasteiger partial charge in [-0.25, -0.2) is 0 Å². The van der Waals surface area contributed by atoms with Crippen LogP contribution in [0, 0.1) is 0 Å². The number of rotatable bonds is 3. The van der Waals surface area contributed by atoms with Gasteiger partial charge in [0, 0.05) is 41.5 Å². The number of nitrogens with zero attached hydrogens (tertiary/aromatic N) is 1. The molecule has 1 heterocycles. The predicted octanol–water partition coefficient (Wildman–Crippen LogP) is 4.16. The molecule has 0 bridgehead atoms. The molecule has 2 aromatic carbocycles. The van der Waals surface area contributed by atoms with E-state index < -0.39 is 0 Å². The summed E-state index contributed by atoms with van der Waals surface area (Å²) in [5.74, 6) is 1.12. The van der Waals surface area contributed by atoms with Crippen LogP contribution in [-0.4, -0.2) is 41.0 Å². The molecule has 29 heavy (non-hydrogen) atoms. The lowest BCUT2D eigenvalue weighted by atomic mass is 9.90. The third-order valence-corrected chi connectivity index (χ3v) is 7.01. The number of aliphatic hydroxyl groups excluding tert-OH is 1. The van der Waals surface area contributed by atoms with Crippen molar-refractivity contribution in [2.24, 2.45) is 0 Å². The highest BCUT2D eigenvalue weighted by atomic mass is 35.5. The van der Waals surface area contributed by atoms with Crippen molar-refractivity contribution in [2.45, 2.75) is 50.4 Å². The van der Waals surface area contributed by atoms with Gasteiger partial charge in [-0.1, -0.05) is 35.3 Å². The molecule has 152 valence electrons. The second-order valence-corrected chi connectivity index (χ2v) is 9.16. The highest BCUT2D eigenvalue weighted by molar-refractivity contribution is 6.35. The zero-order valence-electron chi connectivity index (χ0n) is 16.0. The first-order chi connectivity index (χ1) is 14.0. The van der Waals surface area contributed by atoms with Gasteiger partial charge in [-0.15, -0.1) is 0 Å². The van der Waals surface area contributed by atoms with Crippen molar-refractivity contribution in [3.63, 3.8) is 0 Å². The van der Waals surface area contributed by atoms with Crippen LogP contribution in [0.25, 0.3) is 0 Å². The molecule has 3 aliphatic rings. The van der Waals surface area contributed by atoms with Crippen molar-refractivity contribution in [1.82, 2.24) is 4.90 Å². The minimum atomic E-state index is -0.297. The molecular weight excluding hydrogens is 409 g/mol. The zero-order valence-corrected chi connectivity index (χ0v) is 17.5. The lowest BCUT2D eigenvalue weighted by Gasteiger charge is -2.31. The number of carbonyl (C=O) groups is 1. The maximum absolute atomic E-state index is 11.9. The fraction of sp³-hybridized carbons (Fsp3) is 0.435. The number of halogens is 2. The Morgan fingerprint density at radius 1 is 1.14 bits per heavy atom. The van der Waals surface area contributed by atoms with Gasteiger partial charge in [0.05, 0.1) is 12.1 Å². The number of ether oxygens (including phenoxy) is 1. The lowest BCUT2D eigenvalue weighted by molar-refractivity contribution is -0.118. The standard InChI is InChI=1S/C23H23Cl2NO3/c24-14-9-19-18(20(25)10-14)11-21(26-7-6-16(28)12-26)23(19)29-22-3-1-2-13-8-15(27)4-5-17(13)22/h1-3,9-10,16,21,23,28H,4-8,11-12H2/t16-,21+,23+/m1/s1. The van der Waals surface area contributed by atoms with E-state index in [4.69, 9.17) is 27.9 Å². The van der Waals surface area contributed by atoms with Gasteiger partial charge in [0.1, 0.15) is 17.6 Å². The van der Waals surface area contributed by atoms with E-state index in [2.05, 4.69) is 4.90 Å². The molecule has 4 nitrogen and oxygen atoms in total. The molecule has 2 aliphatic carbocycles. The Labute approximate surface area is 180 Å². The quantitative estimate of drug-likeness (QED) is 0.792. The van der Waals surface area contributed by atoms with Crippen LogP contribution in [0.1, 0.15) is 41.2 Å². The Bertz CT molecular complexity index is 977. The second-order valence-electron chi connectivity index (χ2n) is 8.31. The number of benzene rings is 2. The first kappa shape index (κ1) is 19.4. The third kappa shape index (κ3) is 3.57. The smallest absolute Gasteiger partial charge is 0.140 e. The largest absolute Gasteiger partial charge is 0.484 e. The Hall–Kier alpha value is -1.59. The van der Waals surface area contributed by atoms with E-state index in [0.29, 0.717) is 35.9 Å². The maximum atomic E-state index is 11.9. The normalized spacial score (nSPS) is 26.4. The summed E-state index contributed by atoms with van der Waals surface area (Å²) in [5, 5.41) is 11.3. The van der Waals surface area contributed by atoms with Gasteiger partial charge in [-0.2, -0.15) is 0 Å². The van der Waals surface area contributed by atoms with Crippen LogP contribution in [0.4, 0.5) is 0 Å². The maximum Gasteiger partial charge on any atom is 0.140 e. The van der Waals surface area contributed by atoms with Crippen LogP contribution in [-0.2, 0) is 24.1 Å². The summed E-state index contributed by atoms with van der Waals surface area (Å²) in [6.45, 7) is 1.48. The first-order valence-electron chi connectivity index (χ1n) is 10.2. The summed E-state index contributed by atoms with van der Waals surface area (Å²) in [6, 6.07) is 9.81. The number of fused-ring (bicyclic) bond motifs is 2. The molecule has 0 aromatic heterocycles. The molecule has 3 atom stereocenters. The van der Waals surface area contributed by atoms with Crippen LogP contribution in [0.3, 0.4) is 0 Å². The van der Waals surface area contributed by atoms with E-state index in [1.165, 1.54) is 0 Å². The SMILES string of the molecule is O=C1CCc2c(cccc2O[C@H]2c3cc(Cl)cc(Cl)c3C[C@@H]2N2CC[C@@H](O)C2)C1. The van der Waals surface area contributed by atoms with Crippen LogP contribution >= 0.6 is 23.2 Å². The number of likely N-dealkylation sites (tertiary alicyclic amines) is 1. The summed E-state index contributed by atoms with van der Waals surface area (Å²) >= 11 is 12.9. The number of hydrogen-bond acceptors (Lipinski definition) is 4. The number of aliphatic hydroxyl groups is 1. The van der Waals surface area contributed by atoms with Crippen molar-refractivity contribution in [1.29, 1.82) is 0 Å². The fourth-order valence-corrected chi connectivity index (χ4v) is 5.61. The molecule has 0 amide bonds. The number of carbonyl (C=O) groups excluding carboxylic acids is 1. The van der Waals surface area contributed by atoms with Crippen molar-refractivity contribution >= 4 is 29.0 Å². The van der Waals surface area contributed by atoms with Crippen LogP contribution < -0.4 is 4.74 Å². The molecule has 0 spiro atoms. The Morgan fingerprint density at radius 3 is 2.79 bits per heavy atom. The summed E-state index contributed by atoms with van der Waals surface area (Å²) < 4.78 is 6.65. The Morgan fingerprint density at radius 2 is 2.00 bits per heavy atom. The van der Waals surface area contributed by atoms with Gasteiger partial charge in [0.2, 0.25) is 0 Å². The molecular formula is C23H23Cl2NO3. The van der Waals surface area contributed by atoms with Gasteiger partial charge < -0.3 is 9.84 Å². The van der Waals surface area contributed by atoms with E-state index in [0.717, 1.165) is 47.4 Å². The van der Waals surface area contributed by atoms with E-state index in [-0.39, 0.29) is 24.0 Å². The summed E-state index contributed by atoms with van der Waals surface area (Å²) in [4.78, 5) is 14.2. The van der Waals surface area contributed by atoms with E-state index >= 15 is 0 Å². The molecule has 0 saturated carbocycles. The number of ketones is 1. The van der Waals surface area contributed by atoms with Crippen molar-refractivity contribution in [3.05, 3.63) is 62.6 Å². The van der Waals surface area contributed by atoms with Crippen molar-refractivity contribution in [2.75, 3.05) is 13.1 Å². The molecule has 2 aromatic rings. The van der Waals surface area contributed by atoms with Crippen LogP contribution in [0.2, 0.25) is 10.0 Å². The minimum Gasteiger partial charge on any atom is -0.484 e.